The molecule has 14 N–H and O–H groups in total. The summed E-state index contributed by atoms with van der Waals surface area (Å²) in [5.41, 5.74) is 18.8. The number of nitrogens with two attached hydrogens (primary N) is 3. The normalized spacial score (nSPS) is 14.0. The number of phenolic OH excluding ortho intramolecular Hbond substituents is 4. The highest BCUT2D eigenvalue weighted by molar-refractivity contribution is 6.61. The minimum Gasteiger partial charge on any atom is -0.508 e. The monoisotopic (exact) mass is 1250 g/mol. The smallest absolute Gasteiger partial charge is 0.409 e. The van der Waals surface area contributed by atoms with Gasteiger partial charge in [0.2, 0.25) is 11.8 Å². The Bertz CT molecular complexity index is 3670. The van der Waals surface area contributed by atoms with E-state index in [2.05, 4.69) is 45.6 Å². The minimum absolute atomic E-state index is 0.00222. The van der Waals surface area contributed by atoms with Crippen molar-refractivity contribution in [3.8, 4) is 62.9 Å². The Morgan fingerprint density at radius 2 is 1.09 bits per heavy atom. The summed E-state index contributed by atoms with van der Waals surface area (Å²) in [4.78, 5) is 85.3. The summed E-state index contributed by atoms with van der Waals surface area (Å²) in [6, 6.07) is 24.8. The summed E-state index contributed by atoms with van der Waals surface area (Å²) >= 11 is 4.92. The maximum absolute atomic E-state index is 12.7. The van der Waals surface area contributed by atoms with Crippen LogP contribution in [-0.2, 0) is 22.7 Å². The number of piperazine rings is 2. The molecule has 2 aliphatic heterocycles. The molecule has 0 aliphatic carbocycles. The number of halogens is 1. The van der Waals surface area contributed by atoms with E-state index in [0.29, 0.717) is 85.0 Å². The van der Waals surface area contributed by atoms with Crippen molar-refractivity contribution in [1.82, 2.24) is 54.9 Å². The zero-order chi connectivity index (χ0) is 65.2. The third-order valence-corrected chi connectivity index (χ3v) is 14.6. The van der Waals surface area contributed by atoms with Crippen molar-refractivity contribution in [2.24, 2.45) is 17.2 Å². The number of nitro benzene ring substituents is 1. The lowest BCUT2D eigenvalue weighted by Crippen LogP contribution is -2.55. The molecule has 0 spiro atoms. The van der Waals surface area contributed by atoms with Crippen LogP contribution in [0.2, 0.25) is 0 Å². The number of nitrogens with zero attached hydrogens (tertiary/aromatic N) is 8. The second kappa shape index (κ2) is 31.9. The quantitative estimate of drug-likeness (QED) is 0.0302. The number of nitrogens with one attached hydrogen (secondary N) is 4. The highest BCUT2D eigenvalue weighted by Crippen LogP contribution is 2.39. The molecule has 29 heteroatoms. The maximum Gasteiger partial charge on any atom is 0.409 e. The van der Waals surface area contributed by atoms with Gasteiger partial charge >= 0.3 is 22.8 Å². The number of nitro groups is 1. The van der Waals surface area contributed by atoms with Gasteiger partial charge in [-0.25, -0.2) is 38.5 Å². The summed E-state index contributed by atoms with van der Waals surface area (Å²) in [5, 5.41) is 70.7. The van der Waals surface area contributed by atoms with Crippen LogP contribution >= 0.6 is 11.6 Å². The van der Waals surface area contributed by atoms with Gasteiger partial charge in [0.1, 0.15) is 34.8 Å². The SMILES string of the molecule is CC(C)c1cc(-c2n[nH]c(=O)n2-c2ccc(CN3CCNCC3)cc2)c(O)cc1O.CC[C@H](N)C(N)=O.CC[C@H](NC(=O)N1CCN(Cc2ccc(-n3c(-c4cc(C(C)C)c(O)cc4O)n[nH]c3=O)cc2)CC1)C(N)=O.O=C(Cl)Oc1ccc([N+](=O)[O-])cc1. The number of carbonyl (C=O) groups excluding carboxylic acids is 4. The number of H-pyrrole nitrogens is 2. The Labute approximate surface area is 517 Å². The lowest BCUT2D eigenvalue weighted by molar-refractivity contribution is -0.384. The number of phenols is 4. The van der Waals surface area contributed by atoms with Crippen molar-refractivity contribution in [3.63, 3.8) is 0 Å². The maximum atomic E-state index is 12.7. The van der Waals surface area contributed by atoms with Crippen LogP contribution in [0.4, 0.5) is 15.3 Å². The Balaban J connectivity index is 0.000000221. The molecule has 0 saturated carbocycles. The number of aromatic nitrogens is 6. The van der Waals surface area contributed by atoms with Crippen molar-refractivity contribution in [2.75, 3.05) is 52.4 Å². The van der Waals surface area contributed by atoms with E-state index < -0.39 is 45.6 Å². The van der Waals surface area contributed by atoms with Gasteiger partial charge in [0.15, 0.2) is 11.6 Å². The van der Waals surface area contributed by atoms with Crippen LogP contribution in [0.15, 0.2) is 107 Å². The third-order valence-electron chi connectivity index (χ3n) is 14.5. The van der Waals surface area contributed by atoms with Gasteiger partial charge in [-0.2, -0.15) is 10.2 Å². The molecule has 0 bridgehead atoms. The Morgan fingerprint density at radius 3 is 1.45 bits per heavy atom. The summed E-state index contributed by atoms with van der Waals surface area (Å²) in [6.07, 6.45) is 1.06. The molecule has 2 aliphatic rings. The Kier molecular flexibility index (Phi) is 24.5. The highest BCUT2D eigenvalue weighted by Gasteiger charge is 2.26. The molecule has 0 radical (unpaired) electrons. The number of rotatable bonds is 17. The number of hydrogen-bond donors (Lipinski definition) is 11. The average Bonchev–Trinajstić information content (AvgIpc) is 2.19. The van der Waals surface area contributed by atoms with Crippen molar-refractivity contribution in [3.05, 3.63) is 150 Å². The van der Waals surface area contributed by atoms with Gasteiger partial charge in [-0.15, -0.1) is 0 Å². The van der Waals surface area contributed by atoms with E-state index in [-0.39, 0.29) is 58.1 Å². The number of aromatic amines is 2. The molecule has 4 heterocycles. The third kappa shape index (κ3) is 18.7. The van der Waals surface area contributed by atoms with Crippen LogP contribution in [0.5, 0.6) is 28.7 Å². The molecule has 89 heavy (non-hydrogen) atoms. The molecule has 9 rings (SSSR count). The van der Waals surface area contributed by atoms with Crippen LogP contribution in [-0.4, -0.2) is 157 Å². The second-order valence-corrected chi connectivity index (χ2v) is 21.8. The predicted octanol–water partition coefficient (Wildman–Crippen LogP) is 5.56. The molecule has 0 unspecified atom stereocenters. The van der Waals surface area contributed by atoms with Gasteiger partial charge in [-0.3, -0.25) is 29.5 Å². The van der Waals surface area contributed by atoms with Gasteiger partial charge in [0.25, 0.3) is 5.69 Å². The van der Waals surface area contributed by atoms with E-state index in [9.17, 15) is 59.3 Å². The summed E-state index contributed by atoms with van der Waals surface area (Å²) in [6.45, 7) is 19.3. The molecular formula is C60H76ClN15O13. The number of amides is 4. The summed E-state index contributed by atoms with van der Waals surface area (Å²) in [5.74, 6) is -0.516. The van der Waals surface area contributed by atoms with Crippen molar-refractivity contribution in [2.45, 2.75) is 91.4 Å². The number of hydrogen-bond acceptors (Lipinski definition) is 19. The average molecular weight is 1250 g/mol. The van der Waals surface area contributed by atoms with Crippen LogP contribution in [0.3, 0.4) is 0 Å². The number of urea groups is 1. The van der Waals surface area contributed by atoms with Crippen LogP contribution in [0.1, 0.15) is 88.5 Å². The number of benzene rings is 5. The molecule has 2 fully saturated rings. The van der Waals surface area contributed by atoms with Gasteiger partial charge in [0, 0.05) is 101 Å². The van der Waals surface area contributed by atoms with Crippen LogP contribution in [0, 0.1) is 10.1 Å². The van der Waals surface area contributed by atoms with E-state index in [1.54, 1.807) is 24.0 Å². The lowest BCUT2D eigenvalue weighted by atomic mass is 9.98. The van der Waals surface area contributed by atoms with E-state index in [0.717, 1.165) is 38.3 Å². The van der Waals surface area contributed by atoms with E-state index in [1.165, 1.54) is 51.1 Å². The highest BCUT2D eigenvalue weighted by atomic mass is 35.5. The van der Waals surface area contributed by atoms with Crippen LogP contribution < -0.4 is 44.0 Å². The van der Waals surface area contributed by atoms with E-state index in [1.807, 2.05) is 83.1 Å². The van der Waals surface area contributed by atoms with Gasteiger partial charge < -0.3 is 57.9 Å². The standard InChI is InChI=1S/C27H35N7O5.C22H27N5O3.C7H4ClNO4.C4H10N2O/c1-4-21(24(28)37)29-26(38)33-11-9-32(10-12-33)15-17-5-7-18(8-6-17)34-25(30-31-27(34)39)20-13-19(16(2)3)22(35)14-23(20)36;1-14(2)17-11-18(20(29)12-19(17)28)21-24-25-22(30)27(21)16-5-3-15(4-6-16)13-26-9-7-23-8-10-26;8-7(10)13-6-3-1-5(2-4-6)9(11)12;1-2-3(5)4(6)7/h5-8,13-14,16,21,35-36H,4,9-12,15H2,1-3H3,(H2,28,37)(H,29,38)(H,31,39);3-6,11-12,14,23,28-29H,7-10,13H2,1-2H3,(H,25,30);1-4H;3H,2,5H2,1H3,(H2,6,7)/t21-;;;3-/m0..0/s1. The molecule has 5 aromatic carbocycles. The Morgan fingerprint density at radius 1 is 0.652 bits per heavy atom. The van der Waals surface area contributed by atoms with Crippen LogP contribution in [0.25, 0.3) is 34.2 Å². The van der Waals surface area contributed by atoms with Gasteiger partial charge in [0.05, 0.1) is 33.5 Å². The van der Waals surface area contributed by atoms with Crippen molar-refractivity contribution < 1.29 is 49.3 Å². The largest absolute Gasteiger partial charge is 0.508 e. The number of non-ortho nitro benzene ring substituents is 1. The minimum atomic E-state index is -0.978. The first kappa shape index (κ1) is 68.5. The van der Waals surface area contributed by atoms with Crippen molar-refractivity contribution >= 4 is 40.6 Å². The molecule has 476 valence electrons. The fourth-order valence-electron chi connectivity index (χ4n) is 9.45. The number of carbonyl (C=O) groups is 4. The second-order valence-electron chi connectivity index (χ2n) is 21.5. The molecule has 4 amide bonds. The number of ether oxygens (including phenoxy) is 1. The Hall–Kier alpha value is -9.61. The van der Waals surface area contributed by atoms with Crippen molar-refractivity contribution in [1.29, 1.82) is 0 Å². The molecular weight excluding hydrogens is 1170 g/mol. The zero-order valence-electron chi connectivity index (χ0n) is 50.2. The first-order valence-electron chi connectivity index (χ1n) is 28.6. The topological polar surface area (TPSA) is 415 Å². The molecule has 2 aromatic heterocycles. The van der Waals surface area contributed by atoms with Gasteiger partial charge in [-0.1, -0.05) is 65.8 Å². The molecule has 7 aromatic rings. The lowest BCUT2D eigenvalue weighted by Gasteiger charge is -2.35. The molecule has 2 atom stereocenters. The first-order chi connectivity index (χ1) is 42.3. The van der Waals surface area contributed by atoms with Gasteiger partial charge in [-0.05, 0) is 95.5 Å². The summed E-state index contributed by atoms with van der Waals surface area (Å²) < 4.78 is 7.27. The molecule has 28 nitrogen and oxygen atoms in total. The fraction of sp³-hybridized carbons (Fsp3) is 0.367. The predicted molar refractivity (Wildman–Crippen MR) is 333 cm³/mol. The first-order valence-corrected chi connectivity index (χ1v) is 29.0. The number of primary amides is 2. The van der Waals surface area contributed by atoms with E-state index >= 15 is 0 Å². The molecule has 2 saturated heterocycles. The fourth-order valence-corrected chi connectivity index (χ4v) is 9.53. The number of aromatic hydroxyl groups is 4. The zero-order valence-corrected chi connectivity index (χ0v) is 50.9. The summed E-state index contributed by atoms with van der Waals surface area (Å²) in [7, 11) is 0. The van der Waals surface area contributed by atoms with E-state index in [4.69, 9.17) is 28.8 Å².